The van der Waals surface area contributed by atoms with E-state index in [0.29, 0.717) is 12.8 Å². The Morgan fingerprint density at radius 2 is 1.84 bits per heavy atom. The smallest absolute Gasteiger partial charge is 0.408 e. The number of rotatable bonds is 4. The second-order valence-corrected chi connectivity index (χ2v) is 5.03. The number of alkyl carbamates (subject to hydrolysis) is 1. The Bertz CT molecular complexity index is 450. The van der Waals surface area contributed by atoms with E-state index in [2.05, 4.69) is 5.32 Å². The van der Waals surface area contributed by atoms with Crippen molar-refractivity contribution in [3.63, 3.8) is 0 Å². The van der Waals surface area contributed by atoms with Crippen LogP contribution in [-0.4, -0.2) is 17.4 Å². The molecule has 1 amide bonds. The summed E-state index contributed by atoms with van der Waals surface area (Å²) in [5.74, 6) is 0.0154. The molecule has 0 saturated heterocycles. The number of hydrogen-bond acceptors (Lipinski definition) is 3. The number of amides is 1. The average molecular weight is 261 g/mol. The maximum atomic E-state index is 11.8. The van der Waals surface area contributed by atoms with Crippen molar-refractivity contribution in [1.29, 1.82) is 0 Å². The van der Waals surface area contributed by atoms with Gasteiger partial charge in [0.1, 0.15) is 12.1 Å². The topological polar surface area (TPSA) is 55.4 Å². The van der Waals surface area contributed by atoms with Crippen LogP contribution in [0.15, 0.2) is 30.3 Å². The van der Waals surface area contributed by atoms with Gasteiger partial charge in [-0.25, -0.2) is 4.79 Å². The highest BCUT2D eigenvalue weighted by Gasteiger charge is 2.40. The molecule has 19 heavy (non-hydrogen) atoms. The normalized spacial score (nSPS) is 16.9. The average Bonchev–Trinajstić information content (AvgIpc) is 2.87. The summed E-state index contributed by atoms with van der Waals surface area (Å²) in [6.45, 7) is 1.75. The molecular weight excluding hydrogens is 242 g/mol. The zero-order valence-electron chi connectivity index (χ0n) is 11.1. The maximum Gasteiger partial charge on any atom is 0.408 e. The van der Waals surface area contributed by atoms with Crippen LogP contribution in [0.4, 0.5) is 4.79 Å². The number of benzene rings is 1. The summed E-state index contributed by atoms with van der Waals surface area (Å²) in [6, 6.07) is 9.48. The van der Waals surface area contributed by atoms with E-state index in [9.17, 15) is 9.59 Å². The van der Waals surface area contributed by atoms with Crippen LogP contribution >= 0.6 is 0 Å². The highest BCUT2D eigenvalue weighted by Crippen LogP contribution is 2.30. The predicted molar refractivity (Wildman–Crippen MR) is 71.6 cm³/mol. The quantitative estimate of drug-likeness (QED) is 0.906. The van der Waals surface area contributed by atoms with Gasteiger partial charge in [-0.2, -0.15) is 0 Å². The lowest BCUT2D eigenvalue weighted by molar-refractivity contribution is -0.123. The van der Waals surface area contributed by atoms with Gasteiger partial charge in [-0.05, 0) is 25.3 Å². The number of carbonyl (C=O) groups is 2. The summed E-state index contributed by atoms with van der Waals surface area (Å²) >= 11 is 0. The molecule has 1 N–H and O–H groups in total. The molecule has 1 aliphatic carbocycles. The third kappa shape index (κ3) is 3.34. The van der Waals surface area contributed by atoms with Crippen LogP contribution in [0.2, 0.25) is 0 Å². The Morgan fingerprint density at radius 1 is 1.21 bits per heavy atom. The van der Waals surface area contributed by atoms with Crippen LogP contribution in [0.3, 0.4) is 0 Å². The van der Waals surface area contributed by atoms with Gasteiger partial charge in [-0.3, -0.25) is 4.79 Å². The van der Waals surface area contributed by atoms with Gasteiger partial charge < -0.3 is 10.1 Å². The fourth-order valence-electron chi connectivity index (χ4n) is 2.50. The molecule has 1 aromatic rings. The molecule has 4 heteroatoms. The van der Waals surface area contributed by atoms with Gasteiger partial charge in [-0.15, -0.1) is 0 Å². The zero-order valence-corrected chi connectivity index (χ0v) is 11.1. The number of ketones is 1. The minimum absolute atomic E-state index is 0.0154. The summed E-state index contributed by atoms with van der Waals surface area (Å²) in [5, 5.41) is 2.75. The Hall–Kier alpha value is -1.84. The van der Waals surface area contributed by atoms with E-state index in [1.54, 1.807) is 0 Å². The molecule has 102 valence electrons. The van der Waals surface area contributed by atoms with Gasteiger partial charge in [0.2, 0.25) is 0 Å². The fourth-order valence-corrected chi connectivity index (χ4v) is 2.50. The van der Waals surface area contributed by atoms with Crippen LogP contribution in [0.25, 0.3) is 0 Å². The molecule has 0 atom stereocenters. The summed E-state index contributed by atoms with van der Waals surface area (Å²) in [6.07, 6.45) is 2.85. The van der Waals surface area contributed by atoms with Crippen molar-refractivity contribution >= 4 is 11.9 Å². The van der Waals surface area contributed by atoms with Crippen LogP contribution < -0.4 is 5.32 Å². The first kappa shape index (κ1) is 13.6. The van der Waals surface area contributed by atoms with Gasteiger partial charge >= 0.3 is 6.09 Å². The van der Waals surface area contributed by atoms with E-state index in [0.717, 1.165) is 18.4 Å². The summed E-state index contributed by atoms with van der Waals surface area (Å²) in [7, 11) is 0. The molecule has 1 aromatic carbocycles. The lowest BCUT2D eigenvalue weighted by Crippen LogP contribution is -2.51. The van der Waals surface area contributed by atoms with Gasteiger partial charge in [0, 0.05) is 0 Å². The number of ether oxygens (including phenoxy) is 1. The highest BCUT2D eigenvalue weighted by atomic mass is 16.5. The Labute approximate surface area is 113 Å². The summed E-state index contributed by atoms with van der Waals surface area (Å²) < 4.78 is 5.16. The van der Waals surface area contributed by atoms with Crippen molar-refractivity contribution in [2.45, 2.75) is 44.8 Å². The first-order valence-electron chi connectivity index (χ1n) is 6.62. The molecule has 0 aliphatic heterocycles. The third-order valence-electron chi connectivity index (χ3n) is 3.69. The Morgan fingerprint density at radius 3 is 2.42 bits per heavy atom. The molecule has 0 spiro atoms. The number of nitrogens with one attached hydrogen (secondary N) is 1. The lowest BCUT2D eigenvalue weighted by Gasteiger charge is -2.26. The van der Waals surface area contributed by atoms with Crippen LogP contribution in [-0.2, 0) is 16.1 Å². The van der Waals surface area contributed by atoms with E-state index >= 15 is 0 Å². The molecule has 1 aliphatic rings. The molecule has 0 unspecified atom stereocenters. The Kier molecular flexibility index (Phi) is 4.20. The molecular formula is C15H19NO3. The van der Waals surface area contributed by atoms with Gasteiger partial charge in [0.05, 0.1) is 0 Å². The fraction of sp³-hybridized carbons (Fsp3) is 0.467. The third-order valence-corrected chi connectivity index (χ3v) is 3.69. The second-order valence-electron chi connectivity index (χ2n) is 5.03. The van der Waals surface area contributed by atoms with Crippen molar-refractivity contribution in [3.8, 4) is 0 Å². The molecule has 1 fully saturated rings. The first-order valence-corrected chi connectivity index (χ1v) is 6.62. The maximum absolute atomic E-state index is 11.8. The second kappa shape index (κ2) is 5.87. The molecule has 2 rings (SSSR count). The molecule has 0 radical (unpaired) electrons. The molecule has 0 heterocycles. The number of carbonyl (C=O) groups excluding carboxylic acids is 2. The molecule has 1 saturated carbocycles. The van der Waals surface area contributed by atoms with E-state index in [1.807, 2.05) is 30.3 Å². The van der Waals surface area contributed by atoms with Crippen molar-refractivity contribution in [3.05, 3.63) is 35.9 Å². The van der Waals surface area contributed by atoms with Crippen LogP contribution in [0.1, 0.15) is 38.2 Å². The van der Waals surface area contributed by atoms with Crippen molar-refractivity contribution < 1.29 is 14.3 Å². The minimum atomic E-state index is -0.701. The van der Waals surface area contributed by atoms with Gasteiger partial charge in [0.25, 0.3) is 0 Å². The largest absolute Gasteiger partial charge is 0.445 e. The lowest BCUT2D eigenvalue weighted by atomic mass is 9.93. The van der Waals surface area contributed by atoms with Crippen LogP contribution in [0.5, 0.6) is 0 Å². The predicted octanol–water partition coefficient (Wildman–Crippen LogP) is 2.81. The Balaban J connectivity index is 1.88. The number of Topliss-reactive ketones (excluding diaryl/α,β-unsaturated/α-hetero) is 1. The SMILES string of the molecule is CC(=O)C1(NC(=O)OCc2ccccc2)CCCC1. The highest BCUT2D eigenvalue weighted by molar-refractivity contribution is 5.90. The van der Waals surface area contributed by atoms with Gasteiger partial charge in [0.15, 0.2) is 5.78 Å². The van der Waals surface area contributed by atoms with E-state index in [-0.39, 0.29) is 12.4 Å². The van der Waals surface area contributed by atoms with Gasteiger partial charge in [-0.1, -0.05) is 43.2 Å². The summed E-state index contributed by atoms with van der Waals surface area (Å²) in [5.41, 5.74) is 0.231. The van der Waals surface area contributed by atoms with Crippen molar-refractivity contribution in [1.82, 2.24) is 5.32 Å². The molecule has 0 aromatic heterocycles. The minimum Gasteiger partial charge on any atom is -0.445 e. The van der Waals surface area contributed by atoms with E-state index < -0.39 is 11.6 Å². The zero-order chi connectivity index (χ0) is 13.7. The number of hydrogen-bond donors (Lipinski definition) is 1. The van der Waals surface area contributed by atoms with Crippen molar-refractivity contribution in [2.75, 3.05) is 0 Å². The molecule has 4 nitrogen and oxygen atoms in total. The van der Waals surface area contributed by atoms with E-state index in [4.69, 9.17) is 4.74 Å². The monoisotopic (exact) mass is 261 g/mol. The van der Waals surface area contributed by atoms with Crippen LogP contribution in [0, 0.1) is 0 Å². The summed E-state index contributed by atoms with van der Waals surface area (Å²) in [4.78, 5) is 23.5. The van der Waals surface area contributed by atoms with Crippen molar-refractivity contribution in [2.24, 2.45) is 0 Å². The standard InChI is InChI=1S/C15H19NO3/c1-12(17)15(9-5-6-10-15)16-14(18)19-11-13-7-3-2-4-8-13/h2-4,7-8H,5-6,9-11H2,1H3,(H,16,18). The first-order chi connectivity index (χ1) is 9.12. The molecule has 0 bridgehead atoms. The van der Waals surface area contributed by atoms with E-state index in [1.165, 1.54) is 6.92 Å².